The van der Waals surface area contributed by atoms with Crippen LogP contribution in [0.3, 0.4) is 0 Å². The smallest absolute Gasteiger partial charge is 0.319 e. The van der Waals surface area contributed by atoms with Crippen LogP contribution in [0.4, 0.5) is 19.0 Å². The molecule has 3 fully saturated rings. The van der Waals surface area contributed by atoms with Gasteiger partial charge in [0, 0.05) is 43.0 Å². The number of halogens is 3. The third kappa shape index (κ3) is 4.57. The molecular weight excluding hydrogens is 553 g/mol. The molecule has 0 spiro atoms. The fourth-order valence-corrected chi connectivity index (χ4v) is 7.46. The van der Waals surface area contributed by atoms with Gasteiger partial charge in [0.1, 0.15) is 29.9 Å². The van der Waals surface area contributed by atoms with E-state index < -0.39 is 23.3 Å². The number of fused-ring (bicyclic) bond motifs is 3. The van der Waals surface area contributed by atoms with Gasteiger partial charge in [-0.05, 0) is 50.7 Å². The number of pyridine rings is 1. The van der Waals surface area contributed by atoms with E-state index in [4.69, 9.17) is 16.1 Å². The van der Waals surface area contributed by atoms with E-state index in [1.807, 2.05) is 24.1 Å². The summed E-state index contributed by atoms with van der Waals surface area (Å²) >= 11 is 0. The molecule has 0 bridgehead atoms. The predicted octanol–water partition coefficient (Wildman–Crippen LogP) is 5.25. The largest absolute Gasteiger partial charge is 0.461 e. The Hall–Kier alpha value is -3.94. The third-order valence-corrected chi connectivity index (χ3v) is 9.58. The molecule has 1 N–H and O–H groups in total. The van der Waals surface area contributed by atoms with Gasteiger partial charge in [0.15, 0.2) is 5.82 Å². The number of nitrogens with one attached hydrogen (secondary N) is 1. The van der Waals surface area contributed by atoms with Gasteiger partial charge in [-0.15, -0.1) is 6.42 Å². The summed E-state index contributed by atoms with van der Waals surface area (Å²) in [5.74, 6) is 1.79. The lowest BCUT2D eigenvalue weighted by Gasteiger charge is -2.32. The van der Waals surface area contributed by atoms with Gasteiger partial charge in [-0.25, -0.2) is 13.2 Å². The zero-order valence-electron chi connectivity index (χ0n) is 24.2. The highest BCUT2D eigenvalue weighted by Gasteiger charge is 2.49. The molecule has 0 aliphatic carbocycles. The Labute approximate surface area is 248 Å². The second-order valence-electron chi connectivity index (χ2n) is 12.1. The minimum Gasteiger partial charge on any atom is -0.461 e. The molecule has 222 valence electrons. The number of alkyl halides is 1. The van der Waals surface area contributed by atoms with Gasteiger partial charge in [-0.2, -0.15) is 9.97 Å². The van der Waals surface area contributed by atoms with Crippen molar-refractivity contribution in [3.8, 4) is 29.6 Å². The Bertz CT molecular complexity index is 1780. The number of aromatic nitrogens is 3. The first-order valence-corrected chi connectivity index (χ1v) is 14.8. The average Bonchev–Trinajstić information content (AvgIpc) is 3.69. The summed E-state index contributed by atoms with van der Waals surface area (Å²) in [6.07, 6.45) is 9.05. The number of likely N-dealkylation sites (N-methyl/N-ethyl adjacent to an activating group) is 1. The highest BCUT2D eigenvalue weighted by atomic mass is 19.1. The van der Waals surface area contributed by atoms with Crippen LogP contribution in [-0.4, -0.2) is 76.9 Å². The Morgan fingerprint density at radius 1 is 1.19 bits per heavy atom. The molecule has 3 aliphatic heterocycles. The summed E-state index contributed by atoms with van der Waals surface area (Å²) in [5, 5.41) is 5.10. The molecule has 7 nitrogen and oxygen atoms in total. The lowest BCUT2D eigenvalue weighted by atomic mass is 9.95. The van der Waals surface area contributed by atoms with Crippen LogP contribution in [0.5, 0.6) is 6.01 Å². The van der Waals surface area contributed by atoms with E-state index in [1.165, 1.54) is 6.07 Å². The fourth-order valence-electron chi connectivity index (χ4n) is 7.46. The van der Waals surface area contributed by atoms with Crippen LogP contribution >= 0.6 is 0 Å². The van der Waals surface area contributed by atoms with Gasteiger partial charge in [0.25, 0.3) is 0 Å². The lowest BCUT2D eigenvalue weighted by Crippen LogP contribution is -2.43. The van der Waals surface area contributed by atoms with Crippen LogP contribution < -0.4 is 15.0 Å². The quantitative estimate of drug-likeness (QED) is 0.310. The minimum absolute atomic E-state index is 0.0285. The zero-order valence-corrected chi connectivity index (χ0v) is 24.2. The van der Waals surface area contributed by atoms with Crippen molar-refractivity contribution in [2.75, 3.05) is 38.2 Å². The van der Waals surface area contributed by atoms with E-state index >= 15 is 4.39 Å². The van der Waals surface area contributed by atoms with Crippen LogP contribution in [-0.2, 0) is 0 Å². The van der Waals surface area contributed by atoms with Crippen LogP contribution in [0.2, 0.25) is 0 Å². The van der Waals surface area contributed by atoms with Crippen molar-refractivity contribution >= 4 is 27.5 Å². The molecule has 0 amide bonds. The van der Waals surface area contributed by atoms with Crippen molar-refractivity contribution in [3.05, 3.63) is 53.7 Å². The number of hydrogen-bond acceptors (Lipinski definition) is 7. The zero-order chi connectivity index (χ0) is 29.9. The number of hydrogen-bond donors (Lipinski definition) is 1. The second-order valence-corrected chi connectivity index (χ2v) is 12.1. The normalized spacial score (nSPS) is 25.3. The number of rotatable bonds is 6. The summed E-state index contributed by atoms with van der Waals surface area (Å²) in [6.45, 7) is 4.38. The van der Waals surface area contributed by atoms with E-state index in [-0.39, 0.29) is 35.8 Å². The molecule has 5 heterocycles. The van der Waals surface area contributed by atoms with Crippen molar-refractivity contribution in [3.63, 3.8) is 0 Å². The van der Waals surface area contributed by atoms with Crippen molar-refractivity contribution in [1.29, 1.82) is 0 Å². The van der Waals surface area contributed by atoms with E-state index in [2.05, 4.69) is 33.0 Å². The number of nitrogens with zero attached hydrogens (tertiary/aromatic N) is 5. The lowest BCUT2D eigenvalue weighted by molar-refractivity contribution is 0.107. The highest BCUT2D eigenvalue weighted by molar-refractivity contribution is 6.08. The third-order valence-electron chi connectivity index (χ3n) is 9.58. The first-order chi connectivity index (χ1) is 20.8. The van der Waals surface area contributed by atoms with Gasteiger partial charge in [0.05, 0.1) is 28.4 Å². The van der Waals surface area contributed by atoms with E-state index in [0.29, 0.717) is 40.8 Å². The Morgan fingerprint density at radius 2 is 2.05 bits per heavy atom. The van der Waals surface area contributed by atoms with Crippen LogP contribution in [0.15, 0.2) is 36.5 Å². The summed E-state index contributed by atoms with van der Waals surface area (Å²) in [4.78, 5) is 18.1. The highest BCUT2D eigenvalue weighted by Crippen LogP contribution is 2.42. The molecule has 43 heavy (non-hydrogen) atoms. The van der Waals surface area contributed by atoms with Crippen molar-refractivity contribution < 1.29 is 17.9 Å². The van der Waals surface area contributed by atoms with Crippen molar-refractivity contribution in [2.24, 2.45) is 0 Å². The van der Waals surface area contributed by atoms with Crippen LogP contribution in [0, 0.1) is 24.0 Å². The monoisotopic (exact) mass is 586 g/mol. The maximum absolute atomic E-state index is 15.7. The van der Waals surface area contributed by atoms with Crippen molar-refractivity contribution in [2.45, 2.75) is 56.4 Å². The average molecular weight is 587 g/mol. The maximum Gasteiger partial charge on any atom is 0.319 e. The molecule has 7 rings (SSSR count). The maximum atomic E-state index is 15.7. The van der Waals surface area contributed by atoms with E-state index in [9.17, 15) is 8.78 Å². The SMILES string of the molecule is C#Cc1c(F)ccc2cccc(-c3ncc(F)c4nc(OC[C@@]56CCCN5C[C@H](F)C6)nc(N(C)C5CCNC5C)c34)c12. The topological polar surface area (TPSA) is 66.4 Å². The number of benzene rings is 2. The molecule has 0 saturated carbocycles. The van der Waals surface area contributed by atoms with Crippen LogP contribution in [0.1, 0.15) is 38.2 Å². The molecule has 4 atom stereocenters. The Morgan fingerprint density at radius 3 is 2.84 bits per heavy atom. The van der Waals surface area contributed by atoms with Gasteiger partial charge < -0.3 is 15.0 Å². The summed E-state index contributed by atoms with van der Waals surface area (Å²) in [7, 11) is 1.92. The standard InChI is InChI=1S/C33H33F3N6O/c1-4-22-24(35)10-9-20-7-5-8-23(27(20)22)29-28-30(25(36)16-38-29)39-32(40-31(28)41(3)26-11-13-37-19(26)2)43-18-33-12-6-14-42(33)17-21(34)15-33/h1,5,7-10,16,19,21,26,37H,6,11-15,17-18H2,2-3H3/t19?,21-,26?,33+/m1/s1. The summed E-state index contributed by atoms with van der Waals surface area (Å²) in [6, 6.07) is 8.73. The minimum atomic E-state index is -0.899. The molecule has 2 aromatic carbocycles. The second kappa shape index (κ2) is 10.6. The van der Waals surface area contributed by atoms with Gasteiger partial charge in [0.2, 0.25) is 0 Å². The molecule has 4 aromatic rings. The van der Waals surface area contributed by atoms with Gasteiger partial charge in [-0.1, -0.05) is 30.2 Å². The molecule has 3 saturated heterocycles. The fraction of sp³-hybridized carbons (Fsp3) is 0.424. The molecule has 0 radical (unpaired) electrons. The number of terminal acetylenes is 1. The Balaban J connectivity index is 1.42. The van der Waals surface area contributed by atoms with E-state index in [1.54, 1.807) is 12.1 Å². The summed E-state index contributed by atoms with van der Waals surface area (Å²) < 4.78 is 51.3. The van der Waals surface area contributed by atoms with Gasteiger partial charge in [-0.3, -0.25) is 9.88 Å². The molecular formula is C33H33F3N6O. The first-order valence-electron chi connectivity index (χ1n) is 14.8. The molecule has 3 aliphatic rings. The first kappa shape index (κ1) is 27.9. The number of ether oxygens (including phenoxy) is 1. The molecule has 10 heteroatoms. The van der Waals surface area contributed by atoms with Crippen LogP contribution in [0.25, 0.3) is 32.9 Å². The molecule has 2 aromatic heterocycles. The number of anilines is 1. The van der Waals surface area contributed by atoms with Crippen molar-refractivity contribution in [1.82, 2.24) is 25.2 Å². The Kier molecular flexibility index (Phi) is 6.90. The predicted molar refractivity (Wildman–Crippen MR) is 161 cm³/mol. The van der Waals surface area contributed by atoms with Gasteiger partial charge >= 0.3 is 6.01 Å². The van der Waals surface area contributed by atoms with E-state index in [0.717, 1.165) is 43.9 Å². The summed E-state index contributed by atoms with van der Waals surface area (Å²) in [5.41, 5.74) is 0.697. The molecule has 2 unspecified atom stereocenters.